The van der Waals surface area contributed by atoms with E-state index in [1.807, 2.05) is 0 Å². The first-order valence-corrected chi connectivity index (χ1v) is 13.3. The maximum Gasteiger partial charge on any atom is 0.267 e. The van der Waals surface area contributed by atoms with Crippen molar-refractivity contribution in [3.8, 4) is 0 Å². The normalized spacial score (nSPS) is 11.9. The molecule has 0 aliphatic rings. The first-order valence-electron chi connectivity index (χ1n) is 11.4. The number of rotatable bonds is 9. The minimum Gasteiger partial charge on any atom is -0.310 e. The van der Waals surface area contributed by atoms with Crippen LogP contribution < -0.4 is 11.0 Å². The summed E-state index contributed by atoms with van der Waals surface area (Å²) >= 11 is 5.93. The number of unbranched alkanes of at least 4 members (excludes halogenated alkanes) is 5. The first-order chi connectivity index (χ1) is 16.3. The van der Waals surface area contributed by atoms with Crippen LogP contribution in [0.3, 0.4) is 0 Å². The van der Waals surface area contributed by atoms with Gasteiger partial charge in [0.2, 0.25) is 9.84 Å². The smallest absolute Gasteiger partial charge is 0.267 e. The highest BCUT2D eigenvalue weighted by molar-refractivity contribution is 7.91. The number of halogens is 1. The topological polar surface area (TPSA) is 97.3 Å². The fourth-order valence-electron chi connectivity index (χ4n) is 4.07. The predicted octanol–water partition coefficient (Wildman–Crippen LogP) is 4.98. The van der Waals surface area contributed by atoms with Crippen LogP contribution in [0.15, 0.2) is 69.3 Å². The van der Waals surface area contributed by atoms with Gasteiger partial charge in [0.1, 0.15) is 21.7 Å². The molecule has 34 heavy (non-hydrogen) atoms. The SMILES string of the molecule is CCCCCCCCn1c(=N)c(S(=O)(=O)c2ccc(Cl)cc2)cc2c(=O)n3ccccc3nc21. The van der Waals surface area contributed by atoms with Crippen molar-refractivity contribution in [2.45, 2.75) is 61.8 Å². The Morgan fingerprint density at radius 2 is 1.71 bits per heavy atom. The molecule has 1 aromatic carbocycles. The van der Waals surface area contributed by atoms with E-state index >= 15 is 0 Å². The number of nitrogens with zero attached hydrogens (tertiary/aromatic N) is 3. The lowest BCUT2D eigenvalue weighted by atomic mass is 10.1. The van der Waals surface area contributed by atoms with Crippen LogP contribution in [0.25, 0.3) is 16.7 Å². The molecule has 0 fully saturated rings. The number of nitrogens with one attached hydrogen (secondary N) is 1. The summed E-state index contributed by atoms with van der Waals surface area (Å²) in [6, 6.07) is 12.3. The molecule has 4 aromatic rings. The fourth-order valence-corrected chi connectivity index (χ4v) is 5.59. The molecule has 0 unspecified atom stereocenters. The standard InChI is InChI=1S/C25H27ClN4O3S/c1-2-3-4-5-6-8-16-30-23(27)21(34(32,33)19-13-11-18(26)12-14-19)17-20-24(30)28-22-10-7-9-15-29(22)25(20)31/h7,9-15,17,27H,2-6,8,16H2,1H3. The van der Waals surface area contributed by atoms with Crippen LogP contribution in [0.5, 0.6) is 0 Å². The molecule has 9 heteroatoms. The number of sulfone groups is 1. The van der Waals surface area contributed by atoms with Gasteiger partial charge in [0.05, 0.1) is 10.3 Å². The molecular weight excluding hydrogens is 472 g/mol. The van der Waals surface area contributed by atoms with Crippen LogP contribution in [0.4, 0.5) is 0 Å². The van der Waals surface area contributed by atoms with E-state index in [4.69, 9.17) is 17.0 Å². The molecule has 0 aliphatic carbocycles. The molecule has 0 aliphatic heterocycles. The van der Waals surface area contributed by atoms with Crippen molar-refractivity contribution in [1.29, 1.82) is 5.41 Å². The number of benzene rings is 1. The number of aryl methyl sites for hydroxylation is 1. The summed E-state index contributed by atoms with van der Waals surface area (Å²) in [5.74, 6) is 0. The largest absolute Gasteiger partial charge is 0.310 e. The zero-order valence-electron chi connectivity index (χ0n) is 19.0. The molecule has 0 atom stereocenters. The number of fused-ring (bicyclic) bond motifs is 2. The van der Waals surface area contributed by atoms with E-state index in [-0.39, 0.29) is 26.2 Å². The molecule has 0 bridgehead atoms. The zero-order chi connectivity index (χ0) is 24.3. The summed E-state index contributed by atoms with van der Waals surface area (Å²) in [6.07, 6.45) is 7.86. The van der Waals surface area contributed by atoms with Gasteiger partial charge in [0.25, 0.3) is 5.56 Å². The summed E-state index contributed by atoms with van der Waals surface area (Å²) < 4.78 is 29.9. The Bertz CT molecular complexity index is 1560. The third-order valence-electron chi connectivity index (χ3n) is 5.93. The molecule has 0 saturated heterocycles. The molecule has 0 spiro atoms. The van der Waals surface area contributed by atoms with E-state index in [0.29, 0.717) is 22.9 Å². The minimum atomic E-state index is -4.06. The molecule has 3 aromatic heterocycles. The van der Waals surface area contributed by atoms with Gasteiger partial charge in [-0.3, -0.25) is 14.6 Å². The van der Waals surface area contributed by atoms with Gasteiger partial charge in [-0.25, -0.2) is 13.4 Å². The number of pyridine rings is 2. The van der Waals surface area contributed by atoms with Gasteiger partial charge >= 0.3 is 0 Å². The van der Waals surface area contributed by atoms with Gasteiger partial charge in [-0.15, -0.1) is 0 Å². The van der Waals surface area contributed by atoms with Gasteiger partial charge in [-0.05, 0) is 48.9 Å². The molecule has 4 rings (SSSR count). The van der Waals surface area contributed by atoms with Crippen LogP contribution in [0.1, 0.15) is 45.4 Å². The lowest BCUT2D eigenvalue weighted by Crippen LogP contribution is -2.30. The Labute approximate surface area is 203 Å². The Hall–Kier alpha value is -2.97. The van der Waals surface area contributed by atoms with Gasteiger partial charge in [-0.2, -0.15) is 0 Å². The summed E-state index contributed by atoms with van der Waals surface area (Å²) in [4.78, 5) is 17.7. The minimum absolute atomic E-state index is 0.0183. The van der Waals surface area contributed by atoms with Gasteiger partial charge in [-0.1, -0.05) is 56.7 Å². The van der Waals surface area contributed by atoms with E-state index in [1.54, 1.807) is 29.0 Å². The summed E-state index contributed by atoms with van der Waals surface area (Å²) in [5.41, 5.74) is 0.224. The monoisotopic (exact) mass is 498 g/mol. The van der Waals surface area contributed by atoms with Gasteiger partial charge in [0, 0.05) is 17.8 Å². The highest BCUT2D eigenvalue weighted by Gasteiger charge is 2.24. The molecule has 0 saturated carbocycles. The van der Waals surface area contributed by atoms with Crippen molar-refractivity contribution in [1.82, 2.24) is 14.0 Å². The lowest BCUT2D eigenvalue weighted by molar-refractivity contribution is 0.544. The van der Waals surface area contributed by atoms with E-state index in [0.717, 1.165) is 32.1 Å². The Kier molecular flexibility index (Phi) is 7.19. The second-order valence-electron chi connectivity index (χ2n) is 8.32. The molecule has 1 N–H and O–H groups in total. The second kappa shape index (κ2) is 10.1. The highest BCUT2D eigenvalue weighted by Crippen LogP contribution is 2.22. The average molecular weight is 499 g/mol. The third-order valence-corrected chi connectivity index (χ3v) is 7.97. The Balaban J connectivity index is 1.89. The summed E-state index contributed by atoms with van der Waals surface area (Å²) in [6.45, 7) is 2.57. The zero-order valence-corrected chi connectivity index (χ0v) is 20.6. The molecular formula is C25H27ClN4O3S. The fraction of sp³-hybridized carbons (Fsp3) is 0.320. The van der Waals surface area contributed by atoms with Crippen molar-refractivity contribution in [3.05, 3.63) is 75.6 Å². The van der Waals surface area contributed by atoms with E-state index in [9.17, 15) is 13.2 Å². The van der Waals surface area contributed by atoms with E-state index < -0.39 is 9.84 Å². The third kappa shape index (κ3) is 4.65. The molecule has 0 radical (unpaired) electrons. The van der Waals surface area contributed by atoms with Crippen LogP contribution in [0, 0.1) is 5.41 Å². The summed E-state index contributed by atoms with van der Waals surface area (Å²) in [7, 11) is -4.06. The van der Waals surface area contributed by atoms with Crippen LogP contribution >= 0.6 is 11.6 Å². The molecule has 3 heterocycles. The Morgan fingerprint density at radius 3 is 2.44 bits per heavy atom. The molecule has 178 valence electrons. The number of hydrogen-bond acceptors (Lipinski definition) is 5. The molecule has 7 nitrogen and oxygen atoms in total. The highest BCUT2D eigenvalue weighted by atomic mass is 35.5. The van der Waals surface area contributed by atoms with E-state index in [2.05, 4.69) is 11.9 Å². The maximum absolute atomic E-state index is 13.5. The van der Waals surface area contributed by atoms with Crippen molar-refractivity contribution in [2.75, 3.05) is 0 Å². The lowest BCUT2D eigenvalue weighted by Gasteiger charge is -2.15. The average Bonchev–Trinajstić information content (AvgIpc) is 2.82. The van der Waals surface area contributed by atoms with E-state index in [1.165, 1.54) is 41.2 Å². The van der Waals surface area contributed by atoms with Gasteiger partial charge < -0.3 is 4.57 Å². The summed E-state index contributed by atoms with van der Waals surface area (Å²) in [5, 5.41) is 9.39. The van der Waals surface area contributed by atoms with Crippen molar-refractivity contribution in [3.63, 3.8) is 0 Å². The first kappa shape index (κ1) is 24.2. The van der Waals surface area contributed by atoms with Crippen LogP contribution in [-0.2, 0) is 16.4 Å². The van der Waals surface area contributed by atoms with Crippen LogP contribution in [0.2, 0.25) is 5.02 Å². The van der Waals surface area contributed by atoms with Crippen molar-refractivity contribution < 1.29 is 8.42 Å². The maximum atomic E-state index is 13.5. The number of aromatic nitrogens is 3. The van der Waals surface area contributed by atoms with Crippen LogP contribution in [-0.4, -0.2) is 22.4 Å². The van der Waals surface area contributed by atoms with Crippen molar-refractivity contribution in [2.24, 2.45) is 0 Å². The predicted molar refractivity (Wildman–Crippen MR) is 133 cm³/mol. The molecule has 0 amide bonds. The van der Waals surface area contributed by atoms with Crippen molar-refractivity contribution >= 4 is 38.1 Å². The quantitative estimate of drug-likeness (QED) is 0.260. The Morgan fingerprint density at radius 1 is 1.00 bits per heavy atom. The second-order valence-corrected chi connectivity index (χ2v) is 10.7. The number of hydrogen-bond donors (Lipinski definition) is 1. The van der Waals surface area contributed by atoms with Gasteiger partial charge in [0.15, 0.2) is 0 Å².